The maximum Gasteiger partial charge on any atom is 0.151 e. The van der Waals surface area contributed by atoms with Gasteiger partial charge in [-0.25, -0.2) is 0 Å². The van der Waals surface area contributed by atoms with Gasteiger partial charge in [-0.1, -0.05) is 0 Å². The molecule has 0 fully saturated rings. The van der Waals surface area contributed by atoms with Crippen molar-refractivity contribution in [2.75, 3.05) is 0 Å². The normalized spacial score (nSPS) is 9.25. The van der Waals surface area contributed by atoms with Crippen molar-refractivity contribution in [3.8, 4) is 6.07 Å². The summed E-state index contributed by atoms with van der Waals surface area (Å²) < 4.78 is 0. The van der Waals surface area contributed by atoms with Gasteiger partial charge < -0.3 is 10.2 Å². The molecular formula is C5H9NO2. The van der Waals surface area contributed by atoms with Gasteiger partial charge in [0, 0.05) is 6.42 Å². The van der Waals surface area contributed by atoms with Crippen LogP contribution in [0.25, 0.3) is 0 Å². The maximum atomic E-state index is 8.23. The minimum Gasteiger partial charge on any atom is -0.368 e. The predicted octanol–water partition coefficient (Wildman–Crippen LogP) is -0.00902. The summed E-state index contributed by atoms with van der Waals surface area (Å²) in [6.45, 7) is 0. The first-order valence-corrected chi connectivity index (χ1v) is 2.50. The lowest BCUT2D eigenvalue weighted by Gasteiger charge is -1.96. The third-order valence-electron chi connectivity index (χ3n) is 0.751. The van der Waals surface area contributed by atoms with Gasteiger partial charge in [-0.05, 0) is 12.8 Å². The van der Waals surface area contributed by atoms with Crippen LogP contribution in [0, 0.1) is 11.3 Å². The highest BCUT2D eigenvalue weighted by Gasteiger charge is 1.93. The molecular weight excluding hydrogens is 106 g/mol. The average molecular weight is 115 g/mol. The predicted molar refractivity (Wildman–Crippen MR) is 27.7 cm³/mol. The van der Waals surface area contributed by atoms with E-state index in [1.54, 1.807) is 0 Å². The molecule has 0 aliphatic rings. The van der Waals surface area contributed by atoms with Crippen molar-refractivity contribution in [3.05, 3.63) is 0 Å². The van der Waals surface area contributed by atoms with Crippen LogP contribution in [0.15, 0.2) is 0 Å². The number of nitriles is 1. The van der Waals surface area contributed by atoms with Crippen LogP contribution in [0.3, 0.4) is 0 Å². The van der Waals surface area contributed by atoms with Crippen molar-refractivity contribution in [2.45, 2.75) is 25.6 Å². The van der Waals surface area contributed by atoms with Crippen LogP contribution >= 0.6 is 0 Å². The molecule has 3 nitrogen and oxygen atoms in total. The Bertz CT molecular complexity index is 84.9. The van der Waals surface area contributed by atoms with Gasteiger partial charge in [0.1, 0.15) is 0 Å². The highest BCUT2D eigenvalue weighted by Crippen LogP contribution is 1.95. The molecule has 0 amide bonds. The number of rotatable bonds is 3. The van der Waals surface area contributed by atoms with Crippen molar-refractivity contribution in [1.82, 2.24) is 0 Å². The first kappa shape index (κ1) is 7.41. The third-order valence-corrected chi connectivity index (χ3v) is 0.751. The number of unbranched alkanes of at least 4 members (excludes halogenated alkanes) is 1. The molecule has 2 N–H and O–H groups in total. The molecule has 8 heavy (non-hydrogen) atoms. The Balaban J connectivity index is 2.85. The molecule has 0 saturated carbocycles. The SMILES string of the molecule is N#CCCCC(O)O. The Labute approximate surface area is 48.2 Å². The van der Waals surface area contributed by atoms with Crippen LogP contribution in [0.2, 0.25) is 0 Å². The van der Waals surface area contributed by atoms with E-state index in [9.17, 15) is 0 Å². The number of aliphatic hydroxyl groups is 2. The lowest BCUT2D eigenvalue weighted by atomic mass is 10.2. The molecule has 0 rings (SSSR count). The second-order valence-corrected chi connectivity index (χ2v) is 1.53. The maximum absolute atomic E-state index is 8.23. The largest absolute Gasteiger partial charge is 0.368 e. The minimum atomic E-state index is -1.25. The molecule has 0 aliphatic heterocycles. The van der Waals surface area contributed by atoms with Gasteiger partial charge >= 0.3 is 0 Å². The fraction of sp³-hybridized carbons (Fsp3) is 0.800. The van der Waals surface area contributed by atoms with Gasteiger partial charge in [0.15, 0.2) is 6.29 Å². The van der Waals surface area contributed by atoms with Gasteiger partial charge in [-0.15, -0.1) is 0 Å². The Morgan fingerprint density at radius 3 is 2.50 bits per heavy atom. The molecule has 0 saturated heterocycles. The molecule has 0 aromatic heterocycles. The summed E-state index contributed by atoms with van der Waals surface area (Å²) in [7, 11) is 0. The number of hydrogen-bond donors (Lipinski definition) is 2. The van der Waals surface area contributed by atoms with E-state index in [0.29, 0.717) is 19.3 Å². The van der Waals surface area contributed by atoms with Gasteiger partial charge in [0.25, 0.3) is 0 Å². The fourth-order valence-electron chi connectivity index (χ4n) is 0.364. The first-order chi connectivity index (χ1) is 3.77. The Hall–Kier alpha value is -0.590. The second-order valence-electron chi connectivity index (χ2n) is 1.53. The second kappa shape index (κ2) is 4.57. The van der Waals surface area contributed by atoms with E-state index in [1.165, 1.54) is 0 Å². The smallest absolute Gasteiger partial charge is 0.151 e. The zero-order valence-electron chi connectivity index (χ0n) is 4.54. The molecule has 0 heterocycles. The highest BCUT2D eigenvalue weighted by atomic mass is 16.5. The topological polar surface area (TPSA) is 64.2 Å². The van der Waals surface area contributed by atoms with Crippen LogP contribution in [0.1, 0.15) is 19.3 Å². The van der Waals surface area contributed by atoms with Gasteiger partial charge in [0.05, 0.1) is 6.07 Å². The Morgan fingerprint density at radius 1 is 1.50 bits per heavy atom. The van der Waals surface area contributed by atoms with Crippen molar-refractivity contribution in [2.24, 2.45) is 0 Å². The van der Waals surface area contributed by atoms with E-state index in [0.717, 1.165) is 0 Å². The van der Waals surface area contributed by atoms with Crippen LogP contribution in [0.5, 0.6) is 0 Å². The zero-order valence-corrected chi connectivity index (χ0v) is 4.54. The van der Waals surface area contributed by atoms with Gasteiger partial charge in [-0.3, -0.25) is 0 Å². The third kappa shape index (κ3) is 5.41. The van der Waals surface area contributed by atoms with Crippen molar-refractivity contribution in [1.29, 1.82) is 5.26 Å². The fourth-order valence-corrected chi connectivity index (χ4v) is 0.364. The monoisotopic (exact) mass is 115 g/mol. The van der Waals surface area contributed by atoms with Gasteiger partial charge in [0.2, 0.25) is 0 Å². The molecule has 0 bridgehead atoms. The van der Waals surface area contributed by atoms with E-state index in [4.69, 9.17) is 15.5 Å². The lowest BCUT2D eigenvalue weighted by Crippen LogP contribution is -2.02. The Morgan fingerprint density at radius 2 is 2.12 bits per heavy atom. The van der Waals surface area contributed by atoms with Gasteiger partial charge in [-0.2, -0.15) is 5.26 Å². The summed E-state index contributed by atoms with van der Waals surface area (Å²) in [4.78, 5) is 0. The summed E-state index contributed by atoms with van der Waals surface area (Å²) in [5.41, 5.74) is 0. The van der Waals surface area contributed by atoms with Crippen LogP contribution in [-0.4, -0.2) is 16.5 Å². The zero-order chi connectivity index (χ0) is 6.41. The van der Waals surface area contributed by atoms with E-state index >= 15 is 0 Å². The molecule has 0 atom stereocenters. The van der Waals surface area contributed by atoms with Crippen LogP contribution < -0.4 is 0 Å². The van der Waals surface area contributed by atoms with Crippen molar-refractivity contribution in [3.63, 3.8) is 0 Å². The number of aliphatic hydroxyl groups excluding tert-OH is 1. The molecule has 0 aromatic rings. The van der Waals surface area contributed by atoms with E-state index in [2.05, 4.69) is 0 Å². The Kier molecular flexibility index (Phi) is 4.23. The minimum absolute atomic E-state index is 0.299. The van der Waals surface area contributed by atoms with Crippen LogP contribution in [-0.2, 0) is 0 Å². The summed E-state index contributed by atoms with van der Waals surface area (Å²) in [6, 6.07) is 1.90. The van der Waals surface area contributed by atoms with Crippen LogP contribution in [0.4, 0.5) is 0 Å². The number of hydrogen-bond acceptors (Lipinski definition) is 3. The summed E-state index contributed by atoms with van der Waals surface area (Å²) in [5.74, 6) is 0. The van der Waals surface area contributed by atoms with Crippen molar-refractivity contribution >= 4 is 0 Å². The standard InChI is InChI=1S/C5H9NO2/c6-4-2-1-3-5(7)8/h5,7-8H,1-3H2. The average Bonchev–Trinajstić information content (AvgIpc) is 1.66. The lowest BCUT2D eigenvalue weighted by molar-refractivity contribution is -0.0459. The molecule has 0 radical (unpaired) electrons. The molecule has 0 unspecified atom stereocenters. The van der Waals surface area contributed by atoms with E-state index in [-0.39, 0.29) is 0 Å². The first-order valence-electron chi connectivity index (χ1n) is 2.50. The molecule has 3 heteroatoms. The molecule has 0 aliphatic carbocycles. The molecule has 46 valence electrons. The number of nitrogens with zero attached hydrogens (tertiary/aromatic N) is 1. The summed E-state index contributed by atoms with van der Waals surface area (Å²) in [5, 5.41) is 24.4. The highest BCUT2D eigenvalue weighted by molar-refractivity contribution is 4.67. The molecule has 0 aromatic carbocycles. The summed E-state index contributed by atoms with van der Waals surface area (Å²) >= 11 is 0. The van der Waals surface area contributed by atoms with Crippen molar-refractivity contribution < 1.29 is 10.2 Å². The quantitative estimate of drug-likeness (QED) is 0.401. The van der Waals surface area contributed by atoms with E-state index < -0.39 is 6.29 Å². The molecule has 0 spiro atoms. The van der Waals surface area contributed by atoms with E-state index in [1.807, 2.05) is 6.07 Å². The summed E-state index contributed by atoms with van der Waals surface area (Å²) in [6.07, 6.45) is 0.0163.